The number of ketones is 4. The van der Waals surface area contributed by atoms with Crippen LogP contribution in [0.1, 0.15) is 196 Å². The molecule has 1 rings (SSSR count). The van der Waals surface area contributed by atoms with Gasteiger partial charge in [0.25, 0.3) is 0 Å². The second-order valence-electron chi connectivity index (χ2n) is 13.7. The fourth-order valence-electron chi connectivity index (χ4n) is 5.30. The number of benzene rings is 1. The van der Waals surface area contributed by atoms with Gasteiger partial charge in [-0.15, -0.1) is 19.7 Å². The van der Waals surface area contributed by atoms with Crippen molar-refractivity contribution in [1.82, 2.24) is 0 Å². The molecule has 1 aromatic rings. The Morgan fingerprint density at radius 3 is 1.08 bits per heavy atom. The first kappa shape index (κ1) is 86.8. The number of carbonyl (C=O) groups is 4. The molecule has 0 aliphatic heterocycles. The predicted molar refractivity (Wildman–Crippen MR) is 281 cm³/mol. The molecule has 0 bridgehead atoms. The number of hydrogen-bond acceptors (Lipinski definition) is 9. The van der Waals surface area contributed by atoms with E-state index < -0.39 is 0 Å². The first-order valence-corrected chi connectivity index (χ1v) is 19.9. The van der Waals surface area contributed by atoms with Gasteiger partial charge in [0.2, 0.25) is 0 Å². The van der Waals surface area contributed by atoms with E-state index in [0.717, 1.165) is 70.0 Å². The fourth-order valence-corrected chi connectivity index (χ4v) is 5.30. The van der Waals surface area contributed by atoms with Crippen molar-refractivity contribution in [2.75, 3.05) is 35.0 Å². The lowest BCUT2D eigenvalue weighted by molar-refractivity contribution is -0.120. The highest BCUT2D eigenvalue weighted by molar-refractivity contribution is 5.76. The average molecular weight is 903 g/mol. The summed E-state index contributed by atoms with van der Waals surface area (Å²) < 4.78 is 26.3. The summed E-state index contributed by atoms with van der Waals surface area (Å²) in [6.07, 6.45) is 21.9. The molecule has 0 N–H and O–H groups in total. The first-order valence-electron chi connectivity index (χ1n) is 19.9. The summed E-state index contributed by atoms with van der Waals surface area (Å²) in [6, 6.07) is 9.62. The third-order valence-corrected chi connectivity index (χ3v) is 8.41. The number of ether oxygens (including phenoxy) is 5. The van der Waals surface area contributed by atoms with E-state index in [9.17, 15) is 19.2 Å². The van der Waals surface area contributed by atoms with E-state index >= 15 is 0 Å². The van der Waals surface area contributed by atoms with Gasteiger partial charge in [-0.1, -0.05) is 122 Å². The zero-order chi connectivity index (χ0) is 42.1. The smallest absolute Gasteiger partial charge is 0.132 e. The van der Waals surface area contributed by atoms with Gasteiger partial charge < -0.3 is 23.7 Å². The van der Waals surface area contributed by atoms with Crippen LogP contribution in [0.5, 0.6) is 5.75 Å². The van der Waals surface area contributed by atoms with E-state index in [1.807, 2.05) is 48.6 Å². The molecule has 9 nitrogen and oxygen atoms in total. The van der Waals surface area contributed by atoms with Crippen molar-refractivity contribution < 1.29 is 42.9 Å². The molecule has 0 aliphatic rings. The highest BCUT2D eigenvalue weighted by atomic mass is 16.5. The molecule has 0 aromatic heterocycles. The molecule has 0 heterocycles. The number of unbranched alkanes of at least 4 members (excludes halogenated alkanes) is 6. The van der Waals surface area contributed by atoms with Gasteiger partial charge in [0, 0.05) is 60.5 Å². The van der Waals surface area contributed by atoms with Gasteiger partial charge in [-0.25, -0.2) is 0 Å². The minimum atomic E-state index is -0.0405. The average Bonchev–Trinajstić information content (AvgIpc) is 3.15. The molecule has 0 fully saturated rings. The molecule has 0 radical (unpaired) electrons. The van der Waals surface area contributed by atoms with Crippen LogP contribution in [0.25, 0.3) is 0 Å². The number of allylic oxidation sites excluding steroid dienone is 3. The Morgan fingerprint density at radius 1 is 0.444 bits per heavy atom. The lowest BCUT2D eigenvalue weighted by atomic mass is 10.0. The van der Waals surface area contributed by atoms with Gasteiger partial charge in [0.1, 0.15) is 28.9 Å². The Kier molecular flexibility index (Phi) is 90.1. The Balaban J connectivity index is -0.0000000615. The maximum atomic E-state index is 10.9. The Labute approximate surface area is 394 Å². The second-order valence-corrected chi connectivity index (χ2v) is 13.7. The van der Waals surface area contributed by atoms with E-state index in [1.54, 1.807) is 56.1 Å². The normalized spacial score (nSPS) is 10.8. The van der Waals surface area contributed by atoms with Crippen LogP contribution >= 0.6 is 0 Å². The molecule has 0 aliphatic carbocycles. The Bertz CT molecular complexity index is 1100. The molecule has 0 spiro atoms. The molecule has 0 amide bonds. The van der Waals surface area contributed by atoms with Gasteiger partial charge in [0.15, 0.2) is 0 Å². The third kappa shape index (κ3) is 68.0. The number of rotatable bonds is 31. The van der Waals surface area contributed by atoms with E-state index in [1.165, 1.54) is 19.3 Å². The SMILES string of the molecule is C.C.C.C.C.C.C.C.C=CCCC(CC(C)=O)OC.C=CCCCCC(CC(C)=O)OC.C=CCCCCCCC(CC(C)=O)OC.COC(CCOc1ccccc1)CC(C)=O. The summed E-state index contributed by atoms with van der Waals surface area (Å²) in [6.45, 7) is 17.9. The van der Waals surface area contributed by atoms with Crippen molar-refractivity contribution >= 4 is 23.1 Å². The lowest BCUT2D eigenvalue weighted by Crippen LogP contribution is -2.17. The zero-order valence-electron chi connectivity index (χ0n) is 36.0. The van der Waals surface area contributed by atoms with Crippen LogP contribution in [0.4, 0.5) is 0 Å². The molecule has 0 saturated carbocycles. The number of Topliss-reactive ketones (excluding diaryl/α,β-unsaturated/α-hetero) is 4. The predicted octanol–water partition coefficient (Wildman–Crippen LogP) is 15.7. The quantitative estimate of drug-likeness (QED) is 0.0531. The van der Waals surface area contributed by atoms with Gasteiger partial charge in [-0.05, 0) is 91.2 Å². The van der Waals surface area contributed by atoms with Gasteiger partial charge in [-0.2, -0.15) is 0 Å². The monoisotopic (exact) mass is 903 g/mol. The van der Waals surface area contributed by atoms with Crippen molar-refractivity contribution in [3.05, 3.63) is 68.3 Å². The molecule has 9 heteroatoms. The fraction of sp³-hybridized carbons (Fsp3) is 0.704. The van der Waals surface area contributed by atoms with Crippen LogP contribution in [0.15, 0.2) is 68.3 Å². The first-order chi connectivity index (χ1) is 26.3. The second kappa shape index (κ2) is 65.4. The van der Waals surface area contributed by atoms with E-state index in [0.29, 0.717) is 32.3 Å². The van der Waals surface area contributed by atoms with E-state index in [4.69, 9.17) is 23.7 Å². The molecule has 4 atom stereocenters. The lowest BCUT2D eigenvalue weighted by Gasteiger charge is -2.14. The minimum Gasteiger partial charge on any atom is -0.493 e. The van der Waals surface area contributed by atoms with Crippen LogP contribution in [-0.4, -0.2) is 82.6 Å². The molecular weight excluding hydrogens is 793 g/mol. The van der Waals surface area contributed by atoms with Crippen molar-refractivity contribution in [2.24, 2.45) is 0 Å². The molecule has 0 saturated heterocycles. The maximum absolute atomic E-state index is 10.9. The minimum absolute atomic E-state index is 0. The summed E-state index contributed by atoms with van der Waals surface area (Å²) in [7, 11) is 6.61. The van der Waals surface area contributed by atoms with Crippen LogP contribution in [0.2, 0.25) is 0 Å². The standard InChI is InChI=1S/C13H18O3.C13H24O2.C11H20O2.C9H16O2.8CH4/c1-11(14)10-13(15-2)8-9-16-12-6-4-3-5-7-12;1-4-5-6-7-8-9-10-13(15-3)11-12(2)14;1-4-5-6-7-8-11(13-3)9-10(2)12;1-4-5-6-9(11-3)7-8(2)10;;;;;;;;/h3-7,13H,8-10H2,1-2H3;4,13H,1,5-11H2,2-3H3;4,11H,1,5-9H2,2-3H3;4,9H,1,5-7H2,2-3H3;8*1H4. The summed E-state index contributed by atoms with van der Waals surface area (Å²) in [5.41, 5.74) is 0. The Morgan fingerprint density at radius 2 is 0.746 bits per heavy atom. The molecular formula is C54H110O9. The Hall–Kier alpha value is -3.24. The van der Waals surface area contributed by atoms with E-state index in [-0.39, 0.29) is 107 Å². The van der Waals surface area contributed by atoms with Crippen molar-refractivity contribution in [3.8, 4) is 5.75 Å². The van der Waals surface area contributed by atoms with Gasteiger partial charge >= 0.3 is 0 Å². The summed E-state index contributed by atoms with van der Waals surface area (Å²) >= 11 is 0. The van der Waals surface area contributed by atoms with Gasteiger partial charge in [0.05, 0.1) is 31.0 Å². The van der Waals surface area contributed by atoms with Crippen molar-refractivity contribution in [3.63, 3.8) is 0 Å². The van der Waals surface area contributed by atoms with Crippen molar-refractivity contribution in [2.45, 2.75) is 221 Å². The number of methoxy groups -OCH3 is 4. The summed E-state index contributed by atoms with van der Waals surface area (Å²) in [4.78, 5) is 43.3. The highest BCUT2D eigenvalue weighted by Gasteiger charge is 2.12. The zero-order valence-corrected chi connectivity index (χ0v) is 36.0. The summed E-state index contributed by atoms with van der Waals surface area (Å²) in [5, 5.41) is 0. The maximum Gasteiger partial charge on any atom is 0.132 e. The van der Waals surface area contributed by atoms with Crippen LogP contribution < -0.4 is 4.74 Å². The van der Waals surface area contributed by atoms with Crippen LogP contribution in [-0.2, 0) is 38.1 Å². The molecule has 63 heavy (non-hydrogen) atoms. The number of carbonyl (C=O) groups excluding carboxylic acids is 4. The van der Waals surface area contributed by atoms with Gasteiger partial charge in [-0.3, -0.25) is 19.2 Å². The van der Waals surface area contributed by atoms with Crippen LogP contribution in [0, 0.1) is 0 Å². The summed E-state index contributed by atoms with van der Waals surface area (Å²) in [5.74, 6) is 1.59. The van der Waals surface area contributed by atoms with E-state index in [2.05, 4.69) is 19.7 Å². The van der Waals surface area contributed by atoms with Crippen LogP contribution in [0.3, 0.4) is 0 Å². The van der Waals surface area contributed by atoms with Crippen molar-refractivity contribution in [1.29, 1.82) is 0 Å². The topological polar surface area (TPSA) is 114 Å². The number of hydrogen-bond donors (Lipinski definition) is 0. The molecule has 1 aromatic carbocycles. The number of para-hydroxylation sites is 1. The third-order valence-electron chi connectivity index (χ3n) is 8.41. The largest absolute Gasteiger partial charge is 0.493 e. The molecule has 380 valence electrons. The highest BCUT2D eigenvalue weighted by Crippen LogP contribution is 2.13. The molecule has 4 unspecified atom stereocenters.